The van der Waals surface area contributed by atoms with Crippen molar-refractivity contribution >= 4 is 34.0 Å². The zero-order chi connectivity index (χ0) is 22.6. The summed E-state index contributed by atoms with van der Waals surface area (Å²) in [6.07, 6.45) is 16.2. The van der Waals surface area contributed by atoms with Gasteiger partial charge in [-0.1, -0.05) is 89.5 Å². The highest BCUT2D eigenvalue weighted by molar-refractivity contribution is 6.08. The zero-order valence-electron chi connectivity index (χ0n) is 20.6. The minimum absolute atomic E-state index is 0. The molecule has 2 aromatic carbocycles. The van der Waals surface area contributed by atoms with Crippen molar-refractivity contribution in [2.24, 2.45) is 0 Å². The highest BCUT2D eigenvalue weighted by atomic mass is 35.5. The summed E-state index contributed by atoms with van der Waals surface area (Å²) in [5.41, 5.74) is 1.03. The molecule has 0 bridgehead atoms. The van der Waals surface area contributed by atoms with Crippen molar-refractivity contribution in [3.8, 4) is 0 Å². The second-order valence-electron chi connectivity index (χ2n) is 9.25. The van der Waals surface area contributed by atoms with Gasteiger partial charge >= 0.3 is 0 Å². The predicted molar refractivity (Wildman–Crippen MR) is 145 cm³/mol. The largest absolute Gasteiger partial charge is 0.387 e. The number of aliphatic hydroxyl groups is 1. The summed E-state index contributed by atoms with van der Waals surface area (Å²) in [6.45, 7) is 7.41. The molecule has 3 aromatic rings. The third-order valence-corrected chi connectivity index (χ3v) is 6.64. The monoisotopic (exact) mass is 470 g/mol. The highest BCUT2D eigenvalue weighted by Gasteiger charge is 2.17. The lowest BCUT2D eigenvalue weighted by Gasteiger charge is -2.26. The molecule has 33 heavy (non-hydrogen) atoms. The molecule has 0 fully saturated rings. The van der Waals surface area contributed by atoms with Gasteiger partial charge in [-0.25, -0.2) is 0 Å². The average Bonchev–Trinajstić information content (AvgIpc) is 2.83. The van der Waals surface area contributed by atoms with Crippen molar-refractivity contribution in [2.45, 2.75) is 84.2 Å². The van der Waals surface area contributed by atoms with Crippen LogP contribution in [0.15, 0.2) is 48.8 Å². The lowest BCUT2D eigenvalue weighted by molar-refractivity contribution is 0.111. The maximum absolute atomic E-state index is 11.4. The van der Waals surface area contributed by atoms with Crippen LogP contribution in [0.5, 0.6) is 0 Å². The van der Waals surface area contributed by atoms with Crippen LogP contribution < -0.4 is 0 Å². The van der Waals surface area contributed by atoms with E-state index in [0.29, 0.717) is 6.54 Å². The molecule has 182 valence electrons. The molecule has 1 N–H and O–H groups in total. The van der Waals surface area contributed by atoms with E-state index in [4.69, 9.17) is 0 Å². The number of rotatable bonds is 15. The number of fused-ring (bicyclic) bond motifs is 3. The lowest BCUT2D eigenvalue weighted by Crippen LogP contribution is -2.31. The van der Waals surface area contributed by atoms with Crippen molar-refractivity contribution in [1.82, 2.24) is 9.88 Å². The van der Waals surface area contributed by atoms with Gasteiger partial charge in [0.05, 0.1) is 6.10 Å². The predicted octanol–water partition coefficient (Wildman–Crippen LogP) is 8.09. The van der Waals surface area contributed by atoms with Gasteiger partial charge in [0.25, 0.3) is 0 Å². The topological polar surface area (TPSA) is 36.4 Å². The van der Waals surface area contributed by atoms with E-state index in [9.17, 15) is 5.11 Å². The normalized spacial score (nSPS) is 12.4. The van der Waals surface area contributed by atoms with Crippen molar-refractivity contribution in [2.75, 3.05) is 19.6 Å². The van der Waals surface area contributed by atoms with Crippen LogP contribution in [-0.2, 0) is 0 Å². The van der Waals surface area contributed by atoms with Crippen molar-refractivity contribution in [1.29, 1.82) is 0 Å². The Morgan fingerprint density at radius 2 is 1.42 bits per heavy atom. The van der Waals surface area contributed by atoms with Crippen LogP contribution in [0.1, 0.15) is 89.7 Å². The molecule has 1 atom stereocenters. The number of hydrogen-bond donors (Lipinski definition) is 1. The fraction of sp³-hybridized carbons (Fsp3) is 0.552. The SMILES string of the molecule is CCCCCCCN(CCCCCCC)CC(O)c1cc2ccccc2c2cnccc12.Cl. The van der Waals surface area contributed by atoms with Gasteiger partial charge < -0.3 is 10.0 Å². The Balaban J connectivity index is 0.00000385. The molecule has 0 spiro atoms. The number of aromatic nitrogens is 1. The molecule has 0 aliphatic heterocycles. The average molecular weight is 471 g/mol. The molecule has 1 unspecified atom stereocenters. The van der Waals surface area contributed by atoms with Crippen molar-refractivity contribution < 1.29 is 5.11 Å². The van der Waals surface area contributed by atoms with E-state index in [1.165, 1.54) is 75.0 Å². The summed E-state index contributed by atoms with van der Waals surface area (Å²) < 4.78 is 0. The first-order valence-electron chi connectivity index (χ1n) is 12.9. The van der Waals surface area contributed by atoms with E-state index >= 15 is 0 Å². The third kappa shape index (κ3) is 8.24. The summed E-state index contributed by atoms with van der Waals surface area (Å²) in [5, 5.41) is 16.0. The minimum atomic E-state index is -0.490. The number of unbranched alkanes of at least 4 members (excludes halogenated alkanes) is 8. The molecule has 0 amide bonds. The fourth-order valence-corrected chi connectivity index (χ4v) is 4.77. The van der Waals surface area contributed by atoms with Crippen LogP contribution in [-0.4, -0.2) is 34.6 Å². The Labute approximate surface area is 207 Å². The first-order chi connectivity index (χ1) is 15.7. The van der Waals surface area contributed by atoms with Crippen LogP contribution in [0.3, 0.4) is 0 Å². The Kier molecular flexibility index (Phi) is 12.8. The maximum Gasteiger partial charge on any atom is 0.0923 e. The van der Waals surface area contributed by atoms with Crippen LogP contribution in [0.4, 0.5) is 0 Å². The molecular formula is C29H43ClN2O. The first kappa shape index (κ1) is 27.6. The van der Waals surface area contributed by atoms with Gasteiger partial charge in [0.1, 0.15) is 0 Å². The number of benzene rings is 2. The quantitative estimate of drug-likeness (QED) is 0.180. The molecule has 3 nitrogen and oxygen atoms in total. The van der Waals surface area contributed by atoms with Crippen molar-refractivity contribution in [3.63, 3.8) is 0 Å². The molecule has 0 radical (unpaired) electrons. The summed E-state index contributed by atoms with van der Waals surface area (Å²) >= 11 is 0. The Morgan fingerprint density at radius 3 is 2.09 bits per heavy atom. The zero-order valence-corrected chi connectivity index (χ0v) is 21.5. The van der Waals surface area contributed by atoms with Gasteiger partial charge in [-0.05, 0) is 59.8 Å². The highest BCUT2D eigenvalue weighted by Crippen LogP contribution is 2.32. The molecule has 0 saturated heterocycles. The second-order valence-corrected chi connectivity index (χ2v) is 9.25. The van der Waals surface area contributed by atoms with Gasteiger partial charge in [-0.3, -0.25) is 4.98 Å². The van der Waals surface area contributed by atoms with Gasteiger partial charge in [-0.2, -0.15) is 0 Å². The number of nitrogens with zero attached hydrogens (tertiary/aromatic N) is 2. The Bertz CT molecular complexity index is 931. The molecule has 0 aliphatic rings. The van der Waals surface area contributed by atoms with E-state index < -0.39 is 6.10 Å². The Morgan fingerprint density at radius 1 is 0.788 bits per heavy atom. The van der Waals surface area contributed by atoms with Gasteiger partial charge in [0.15, 0.2) is 0 Å². The molecule has 4 heteroatoms. The van der Waals surface area contributed by atoms with Gasteiger partial charge in [0, 0.05) is 24.3 Å². The molecule has 0 aliphatic carbocycles. The van der Waals surface area contributed by atoms with Crippen LogP contribution in [0, 0.1) is 0 Å². The molecule has 1 aromatic heterocycles. The third-order valence-electron chi connectivity index (χ3n) is 6.64. The smallest absolute Gasteiger partial charge is 0.0923 e. The summed E-state index contributed by atoms with van der Waals surface area (Å²) in [4.78, 5) is 6.87. The summed E-state index contributed by atoms with van der Waals surface area (Å²) in [6, 6.07) is 12.7. The summed E-state index contributed by atoms with van der Waals surface area (Å²) in [5.74, 6) is 0. The van der Waals surface area contributed by atoms with E-state index in [1.54, 1.807) is 0 Å². The number of aliphatic hydroxyl groups excluding tert-OH is 1. The standard InChI is InChI=1S/C29H42N2O.ClH/c1-3-5-7-9-13-19-31(20-14-10-8-6-4-2)23-29(32)27-21-24-15-11-12-16-25(24)28-22-30-18-17-26(27)28;/h11-12,15-18,21-22,29,32H,3-10,13-14,19-20,23H2,1-2H3;1H. The number of halogens is 1. The minimum Gasteiger partial charge on any atom is -0.387 e. The number of hydrogen-bond acceptors (Lipinski definition) is 3. The lowest BCUT2D eigenvalue weighted by atomic mass is 9.95. The van der Waals surface area contributed by atoms with Crippen molar-refractivity contribution in [3.05, 3.63) is 54.4 Å². The van der Waals surface area contributed by atoms with Crippen LogP contribution in [0.25, 0.3) is 21.5 Å². The van der Waals surface area contributed by atoms with Crippen LogP contribution in [0.2, 0.25) is 0 Å². The molecule has 1 heterocycles. The molecule has 3 rings (SSSR count). The number of pyridine rings is 1. The van der Waals surface area contributed by atoms with E-state index in [0.717, 1.165) is 29.4 Å². The van der Waals surface area contributed by atoms with E-state index in [2.05, 4.69) is 60.1 Å². The van der Waals surface area contributed by atoms with Gasteiger partial charge in [0.2, 0.25) is 0 Å². The second kappa shape index (κ2) is 15.3. The first-order valence-corrected chi connectivity index (χ1v) is 12.9. The fourth-order valence-electron chi connectivity index (χ4n) is 4.77. The van der Waals surface area contributed by atoms with E-state index in [1.807, 2.05) is 12.4 Å². The maximum atomic E-state index is 11.4. The van der Waals surface area contributed by atoms with Gasteiger partial charge in [-0.15, -0.1) is 12.4 Å². The molecule has 0 saturated carbocycles. The van der Waals surface area contributed by atoms with Crippen LogP contribution >= 0.6 is 12.4 Å². The molecular weight excluding hydrogens is 428 g/mol. The Hall–Kier alpha value is -1.68. The van der Waals surface area contributed by atoms with E-state index in [-0.39, 0.29) is 12.4 Å². The summed E-state index contributed by atoms with van der Waals surface area (Å²) in [7, 11) is 0.